The third-order valence-electron chi connectivity index (χ3n) is 1.78. The fourth-order valence-electron chi connectivity index (χ4n) is 1.00. The van der Waals surface area contributed by atoms with Gasteiger partial charge in [-0.25, -0.2) is 5.43 Å². The quantitative estimate of drug-likeness (QED) is 0.594. The summed E-state index contributed by atoms with van der Waals surface area (Å²) in [7, 11) is 0. The van der Waals surface area contributed by atoms with Gasteiger partial charge in [-0.05, 0) is 12.5 Å². The molecule has 0 atom stereocenters. The van der Waals surface area contributed by atoms with Crippen molar-refractivity contribution in [3.8, 4) is 6.07 Å². The van der Waals surface area contributed by atoms with Crippen molar-refractivity contribution in [3.05, 3.63) is 35.9 Å². The summed E-state index contributed by atoms with van der Waals surface area (Å²) in [5, 5.41) is 12.1. The maximum Gasteiger partial charge on any atom is 0.254 e. The van der Waals surface area contributed by atoms with Crippen molar-refractivity contribution in [3.63, 3.8) is 0 Å². The smallest absolute Gasteiger partial charge is 0.254 e. The second kappa shape index (κ2) is 5.55. The van der Waals surface area contributed by atoms with Crippen LogP contribution in [0.5, 0.6) is 0 Å². The van der Waals surface area contributed by atoms with E-state index < -0.39 is 5.91 Å². The minimum Gasteiger partial charge on any atom is -0.272 e. The van der Waals surface area contributed by atoms with Gasteiger partial charge in [-0.15, -0.1) is 0 Å². The highest BCUT2D eigenvalue weighted by molar-refractivity contribution is 5.99. The molecule has 0 aromatic heterocycles. The first-order valence-corrected chi connectivity index (χ1v) is 4.49. The summed E-state index contributed by atoms with van der Waals surface area (Å²) in [5.41, 5.74) is 3.96. The molecule has 76 valence electrons. The van der Waals surface area contributed by atoms with Gasteiger partial charge < -0.3 is 0 Å². The summed E-state index contributed by atoms with van der Waals surface area (Å²) < 4.78 is 0. The molecule has 0 aliphatic rings. The van der Waals surface area contributed by atoms with Crippen LogP contribution in [0.4, 0.5) is 0 Å². The van der Waals surface area contributed by atoms with E-state index in [4.69, 9.17) is 5.26 Å². The van der Waals surface area contributed by atoms with Crippen LogP contribution in [0, 0.1) is 11.3 Å². The molecule has 4 heteroatoms. The largest absolute Gasteiger partial charge is 0.272 e. The monoisotopic (exact) mass is 201 g/mol. The number of hydrazone groups is 1. The molecule has 1 N–H and O–H groups in total. The molecule has 1 rings (SSSR count). The number of benzene rings is 1. The first kappa shape index (κ1) is 10.9. The van der Waals surface area contributed by atoms with Crippen molar-refractivity contribution in [1.29, 1.82) is 5.26 Å². The molecule has 1 aromatic rings. The van der Waals surface area contributed by atoms with Crippen LogP contribution < -0.4 is 5.43 Å². The van der Waals surface area contributed by atoms with Crippen LogP contribution in [0.15, 0.2) is 35.4 Å². The van der Waals surface area contributed by atoms with Crippen LogP contribution in [0.25, 0.3) is 0 Å². The Hall–Kier alpha value is -2.15. The molecule has 0 heterocycles. The van der Waals surface area contributed by atoms with Gasteiger partial charge in [0, 0.05) is 0 Å². The Morgan fingerprint density at radius 1 is 1.47 bits per heavy atom. The minimum atomic E-state index is -0.396. The molecule has 0 aliphatic carbocycles. The van der Waals surface area contributed by atoms with Gasteiger partial charge in [0.05, 0.1) is 11.8 Å². The summed E-state index contributed by atoms with van der Waals surface area (Å²) in [5.74, 6) is -0.396. The van der Waals surface area contributed by atoms with Crippen LogP contribution >= 0.6 is 0 Å². The van der Waals surface area contributed by atoms with E-state index in [1.54, 1.807) is 13.0 Å². The molecule has 15 heavy (non-hydrogen) atoms. The third-order valence-corrected chi connectivity index (χ3v) is 1.78. The molecule has 1 amide bonds. The maximum absolute atomic E-state index is 10.9. The number of nitrogens with zero attached hydrogens (tertiary/aromatic N) is 2. The SMILES string of the molecule is C/C(=N/NC(=O)CC#N)c1ccccc1. The lowest BCUT2D eigenvalue weighted by Gasteiger charge is -2.00. The van der Waals surface area contributed by atoms with E-state index in [0.29, 0.717) is 5.71 Å². The Morgan fingerprint density at radius 2 is 2.13 bits per heavy atom. The van der Waals surface area contributed by atoms with E-state index in [-0.39, 0.29) is 6.42 Å². The van der Waals surface area contributed by atoms with Gasteiger partial charge in [0.2, 0.25) is 0 Å². The minimum absolute atomic E-state index is 0.175. The number of hydrogen-bond donors (Lipinski definition) is 1. The van der Waals surface area contributed by atoms with E-state index in [9.17, 15) is 4.79 Å². The van der Waals surface area contributed by atoms with Crippen LogP contribution in [0.2, 0.25) is 0 Å². The number of nitriles is 1. The highest BCUT2D eigenvalue weighted by atomic mass is 16.2. The highest BCUT2D eigenvalue weighted by Gasteiger charge is 1.99. The lowest BCUT2D eigenvalue weighted by atomic mass is 10.1. The van der Waals surface area contributed by atoms with Crippen LogP contribution in [-0.4, -0.2) is 11.6 Å². The molecular formula is C11H11N3O. The molecule has 0 aliphatic heterocycles. The molecule has 4 nitrogen and oxygen atoms in total. The fourth-order valence-corrected chi connectivity index (χ4v) is 1.00. The van der Waals surface area contributed by atoms with E-state index in [1.165, 1.54) is 0 Å². The van der Waals surface area contributed by atoms with E-state index >= 15 is 0 Å². The van der Waals surface area contributed by atoms with Gasteiger partial charge in [0.1, 0.15) is 6.42 Å². The Bertz CT molecular complexity index is 404. The second-order valence-corrected chi connectivity index (χ2v) is 2.93. The first-order valence-electron chi connectivity index (χ1n) is 4.49. The Morgan fingerprint density at radius 3 is 2.73 bits per heavy atom. The summed E-state index contributed by atoms with van der Waals surface area (Å²) in [6.45, 7) is 1.79. The standard InChI is InChI=1S/C11H11N3O/c1-9(10-5-3-2-4-6-10)13-14-11(15)7-8-12/h2-6H,7H2,1H3,(H,14,15)/b13-9-. The van der Waals surface area contributed by atoms with Gasteiger partial charge in [0.15, 0.2) is 0 Å². The van der Waals surface area contributed by atoms with E-state index in [2.05, 4.69) is 10.5 Å². The Balaban J connectivity index is 2.62. The number of carbonyl (C=O) groups is 1. The predicted molar refractivity (Wildman–Crippen MR) is 57.0 cm³/mol. The molecule has 0 saturated heterocycles. The Labute approximate surface area is 88.2 Å². The molecule has 0 radical (unpaired) electrons. The third kappa shape index (κ3) is 3.61. The molecule has 0 fully saturated rings. The van der Waals surface area contributed by atoms with Gasteiger partial charge in [-0.3, -0.25) is 4.79 Å². The predicted octanol–water partition coefficient (Wildman–Crippen LogP) is 1.44. The summed E-state index contributed by atoms with van der Waals surface area (Å²) in [4.78, 5) is 10.9. The van der Waals surface area contributed by atoms with Gasteiger partial charge in [-0.2, -0.15) is 10.4 Å². The molecule has 1 aromatic carbocycles. The molecule has 0 unspecified atom stereocenters. The van der Waals surface area contributed by atoms with E-state index in [1.807, 2.05) is 30.3 Å². The van der Waals surface area contributed by atoms with Crippen molar-refractivity contribution in [1.82, 2.24) is 5.43 Å². The van der Waals surface area contributed by atoms with Crippen molar-refractivity contribution in [2.24, 2.45) is 5.10 Å². The molecule has 0 bridgehead atoms. The average molecular weight is 201 g/mol. The van der Waals surface area contributed by atoms with Gasteiger partial charge in [-0.1, -0.05) is 30.3 Å². The second-order valence-electron chi connectivity index (χ2n) is 2.93. The fraction of sp³-hybridized carbons (Fsp3) is 0.182. The van der Waals surface area contributed by atoms with Crippen LogP contribution in [0.3, 0.4) is 0 Å². The number of rotatable bonds is 3. The maximum atomic E-state index is 10.9. The first-order chi connectivity index (χ1) is 7.24. The van der Waals surface area contributed by atoms with Gasteiger partial charge in [0.25, 0.3) is 5.91 Å². The highest BCUT2D eigenvalue weighted by Crippen LogP contribution is 1.99. The van der Waals surface area contributed by atoms with Crippen LogP contribution in [0.1, 0.15) is 18.9 Å². The number of hydrogen-bond acceptors (Lipinski definition) is 3. The van der Waals surface area contributed by atoms with Crippen molar-refractivity contribution >= 4 is 11.6 Å². The zero-order valence-electron chi connectivity index (χ0n) is 8.40. The lowest BCUT2D eigenvalue weighted by molar-refractivity contribution is -0.120. The van der Waals surface area contributed by atoms with Crippen LogP contribution in [-0.2, 0) is 4.79 Å². The summed E-state index contributed by atoms with van der Waals surface area (Å²) in [6, 6.07) is 11.2. The van der Waals surface area contributed by atoms with Crippen molar-refractivity contribution < 1.29 is 4.79 Å². The van der Waals surface area contributed by atoms with Crippen molar-refractivity contribution in [2.45, 2.75) is 13.3 Å². The van der Waals surface area contributed by atoms with Gasteiger partial charge >= 0.3 is 0 Å². The van der Waals surface area contributed by atoms with Crippen molar-refractivity contribution in [2.75, 3.05) is 0 Å². The van der Waals surface area contributed by atoms with E-state index in [0.717, 1.165) is 5.56 Å². The molecular weight excluding hydrogens is 190 g/mol. The molecule has 0 saturated carbocycles. The Kier molecular flexibility index (Phi) is 4.05. The lowest BCUT2D eigenvalue weighted by Crippen LogP contribution is -2.18. The zero-order chi connectivity index (χ0) is 11.1. The topological polar surface area (TPSA) is 65.2 Å². The zero-order valence-corrected chi connectivity index (χ0v) is 8.40. The normalized spacial score (nSPS) is 10.5. The number of amides is 1. The number of carbonyl (C=O) groups excluding carboxylic acids is 1. The summed E-state index contributed by atoms with van der Waals surface area (Å²) >= 11 is 0. The number of nitrogens with one attached hydrogen (secondary N) is 1. The summed E-state index contributed by atoms with van der Waals surface area (Å²) in [6.07, 6.45) is -0.175. The molecule has 0 spiro atoms. The average Bonchev–Trinajstić information content (AvgIpc) is 2.27.